The van der Waals surface area contributed by atoms with Crippen molar-refractivity contribution in [1.82, 2.24) is 19.7 Å². The molecule has 0 radical (unpaired) electrons. The number of nitrogens with zero attached hydrogens (tertiary/aromatic N) is 3. The first-order chi connectivity index (χ1) is 16.4. The van der Waals surface area contributed by atoms with Crippen LogP contribution in [0.2, 0.25) is 0 Å². The number of nitrogens with one attached hydrogen (secondary N) is 1. The molecule has 3 aromatic heterocycles. The van der Waals surface area contributed by atoms with Crippen LogP contribution in [0.15, 0.2) is 58.2 Å². The number of amides is 1. The summed E-state index contributed by atoms with van der Waals surface area (Å²) in [7, 11) is 1.79. The first-order valence-corrected chi connectivity index (χ1v) is 11.3. The van der Waals surface area contributed by atoms with Crippen LogP contribution in [0.1, 0.15) is 41.6 Å². The third-order valence-electron chi connectivity index (χ3n) is 6.38. The Morgan fingerprint density at radius 3 is 2.82 bits per heavy atom. The molecule has 2 N–H and O–H groups in total. The number of aliphatic hydroxyl groups excluding tert-OH is 1. The fourth-order valence-electron chi connectivity index (χ4n) is 4.51. The highest BCUT2D eigenvalue weighted by Crippen LogP contribution is 2.23. The van der Waals surface area contributed by atoms with Gasteiger partial charge >= 0.3 is 0 Å². The second-order valence-electron chi connectivity index (χ2n) is 8.75. The maximum absolute atomic E-state index is 14.9. The minimum atomic E-state index is -0.609. The summed E-state index contributed by atoms with van der Waals surface area (Å²) < 4.78 is 23.3. The average Bonchev–Trinajstić information content (AvgIpc) is 3.48. The molecule has 8 nitrogen and oxygen atoms in total. The van der Waals surface area contributed by atoms with Crippen molar-refractivity contribution in [2.45, 2.75) is 44.4 Å². The SMILES string of the molecule is Cn1ccc(-c2ccc(Cn3cc(C(=O)N[C@H]4CCCC[C@@H]4O)c4occc4c3=O)c(F)c2)n1. The summed E-state index contributed by atoms with van der Waals surface area (Å²) in [5.74, 6) is -0.913. The third kappa shape index (κ3) is 4.14. The van der Waals surface area contributed by atoms with Crippen LogP contribution < -0.4 is 10.9 Å². The van der Waals surface area contributed by atoms with Gasteiger partial charge in [0.15, 0.2) is 5.58 Å². The summed E-state index contributed by atoms with van der Waals surface area (Å²) in [6.07, 6.45) is 7.07. The zero-order chi connectivity index (χ0) is 23.8. The standard InChI is InChI=1S/C25H25FN4O4/c1-29-10-8-20(28-29)15-6-7-16(19(26)12-15)13-30-14-18(23-17(25(30)33)9-11-34-23)24(32)27-21-4-2-3-5-22(21)31/h6-12,14,21-22,31H,2-5,13H2,1H3,(H,27,32)/t21-,22-/m0/s1. The highest BCUT2D eigenvalue weighted by molar-refractivity contribution is 6.04. The molecule has 1 fully saturated rings. The number of benzene rings is 1. The molecule has 1 amide bonds. The molecule has 1 saturated carbocycles. The lowest BCUT2D eigenvalue weighted by atomic mass is 9.92. The van der Waals surface area contributed by atoms with E-state index in [1.54, 1.807) is 36.1 Å². The van der Waals surface area contributed by atoms with Crippen LogP contribution in [0, 0.1) is 5.82 Å². The number of rotatable bonds is 5. The van der Waals surface area contributed by atoms with Crippen LogP contribution in [0.4, 0.5) is 4.39 Å². The topological polar surface area (TPSA) is 102 Å². The summed E-state index contributed by atoms with van der Waals surface area (Å²) in [6.45, 7) is -0.0549. The van der Waals surface area contributed by atoms with E-state index in [9.17, 15) is 19.1 Å². The maximum atomic E-state index is 14.9. The Balaban J connectivity index is 1.46. The minimum Gasteiger partial charge on any atom is -0.463 e. The van der Waals surface area contributed by atoms with Crippen LogP contribution in [0.25, 0.3) is 22.2 Å². The number of aryl methyl sites for hydroxylation is 1. The van der Waals surface area contributed by atoms with Gasteiger partial charge in [-0.1, -0.05) is 25.0 Å². The second kappa shape index (κ2) is 8.90. The predicted molar refractivity (Wildman–Crippen MR) is 124 cm³/mol. The van der Waals surface area contributed by atoms with Crippen molar-refractivity contribution < 1.29 is 18.7 Å². The van der Waals surface area contributed by atoms with Crippen molar-refractivity contribution in [2.75, 3.05) is 0 Å². The summed E-state index contributed by atoms with van der Waals surface area (Å²) in [5, 5.41) is 17.6. The van der Waals surface area contributed by atoms with E-state index in [4.69, 9.17) is 4.42 Å². The summed E-state index contributed by atoms with van der Waals surface area (Å²) >= 11 is 0. The van der Waals surface area contributed by atoms with Crippen LogP contribution in [0.3, 0.4) is 0 Å². The van der Waals surface area contributed by atoms with Gasteiger partial charge in [0.2, 0.25) is 0 Å². The van der Waals surface area contributed by atoms with E-state index in [-0.39, 0.29) is 34.7 Å². The molecule has 4 aromatic rings. The Morgan fingerprint density at radius 2 is 2.09 bits per heavy atom. The maximum Gasteiger partial charge on any atom is 0.262 e. The number of hydrogen-bond donors (Lipinski definition) is 2. The van der Waals surface area contributed by atoms with Crippen LogP contribution in [0.5, 0.6) is 0 Å². The van der Waals surface area contributed by atoms with Crippen LogP contribution >= 0.6 is 0 Å². The molecule has 0 unspecified atom stereocenters. The van der Waals surface area contributed by atoms with Crippen molar-refractivity contribution >= 4 is 16.9 Å². The molecule has 3 heterocycles. The van der Waals surface area contributed by atoms with Gasteiger partial charge in [-0.3, -0.25) is 14.3 Å². The van der Waals surface area contributed by atoms with Gasteiger partial charge in [0.1, 0.15) is 5.82 Å². The first-order valence-electron chi connectivity index (χ1n) is 11.3. The highest BCUT2D eigenvalue weighted by Gasteiger charge is 2.27. The highest BCUT2D eigenvalue weighted by atomic mass is 19.1. The number of pyridine rings is 1. The summed E-state index contributed by atoms with van der Waals surface area (Å²) in [5.41, 5.74) is 1.54. The fourth-order valence-corrected chi connectivity index (χ4v) is 4.51. The number of hydrogen-bond acceptors (Lipinski definition) is 5. The molecule has 1 aromatic carbocycles. The minimum absolute atomic E-state index is 0.0549. The summed E-state index contributed by atoms with van der Waals surface area (Å²) in [4.78, 5) is 26.1. The molecular weight excluding hydrogens is 439 g/mol. The molecule has 0 spiro atoms. The molecule has 0 bridgehead atoms. The zero-order valence-corrected chi connectivity index (χ0v) is 18.7. The van der Waals surface area contributed by atoms with E-state index in [1.165, 1.54) is 29.2 Å². The molecule has 176 valence electrons. The quantitative estimate of drug-likeness (QED) is 0.472. The molecule has 1 aliphatic carbocycles. The smallest absolute Gasteiger partial charge is 0.262 e. The number of carbonyl (C=O) groups excluding carboxylic acids is 1. The third-order valence-corrected chi connectivity index (χ3v) is 6.38. The van der Waals surface area contributed by atoms with E-state index in [0.29, 0.717) is 29.7 Å². The van der Waals surface area contributed by atoms with Gasteiger partial charge in [-0.2, -0.15) is 5.10 Å². The van der Waals surface area contributed by atoms with Gasteiger partial charge in [-0.05, 0) is 31.0 Å². The number of aromatic nitrogens is 3. The molecule has 0 saturated heterocycles. The van der Waals surface area contributed by atoms with Crippen LogP contribution in [-0.2, 0) is 13.6 Å². The molecule has 5 rings (SSSR count). The lowest BCUT2D eigenvalue weighted by molar-refractivity contribution is 0.0717. The van der Waals surface area contributed by atoms with Crippen molar-refractivity contribution in [3.05, 3.63) is 76.3 Å². The summed E-state index contributed by atoms with van der Waals surface area (Å²) in [6, 6.07) is 7.69. The Hall–Kier alpha value is -3.72. The molecule has 9 heteroatoms. The molecule has 1 aliphatic rings. The van der Waals surface area contributed by atoms with Gasteiger partial charge in [0, 0.05) is 30.6 Å². The van der Waals surface area contributed by atoms with Gasteiger partial charge in [0.25, 0.3) is 11.5 Å². The first kappa shape index (κ1) is 22.1. The predicted octanol–water partition coefficient (Wildman–Crippen LogP) is 3.22. The Labute approximate surface area is 194 Å². The van der Waals surface area contributed by atoms with Crippen molar-refractivity contribution in [3.8, 4) is 11.3 Å². The van der Waals surface area contributed by atoms with Gasteiger partial charge in [-0.25, -0.2) is 4.39 Å². The Bertz CT molecular complexity index is 1420. The monoisotopic (exact) mass is 464 g/mol. The Morgan fingerprint density at radius 1 is 1.26 bits per heavy atom. The fraction of sp³-hybridized carbons (Fsp3) is 0.320. The number of carbonyl (C=O) groups is 1. The lowest BCUT2D eigenvalue weighted by Crippen LogP contribution is -2.45. The van der Waals surface area contributed by atoms with E-state index in [2.05, 4.69) is 10.4 Å². The largest absolute Gasteiger partial charge is 0.463 e. The normalized spacial score (nSPS) is 18.3. The molecule has 34 heavy (non-hydrogen) atoms. The Kier molecular flexibility index (Phi) is 5.79. The zero-order valence-electron chi connectivity index (χ0n) is 18.7. The lowest BCUT2D eigenvalue weighted by Gasteiger charge is -2.28. The van der Waals surface area contributed by atoms with E-state index < -0.39 is 17.8 Å². The second-order valence-corrected chi connectivity index (χ2v) is 8.75. The van der Waals surface area contributed by atoms with Crippen LogP contribution in [-0.4, -0.2) is 37.5 Å². The van der Waals surface area contributed by atoms with Crippen molar-refractivity contribution in [1.29, 1.82) is 0 Å². The number of furan rings is 1. The van der Waals surface area contributed by atoms with E-state index in [1.807, 2.05) is 0 Å². The van der Waals surface area contributed by atoms with E-state index >= 15 is 0 Å². The number of halogens is 1. The number of fused-ring (bicyclic) bond motifs is 1. The molecular formula is C25H25FN4O4. The van der Waals surface area contributed by atoms with Crippen molar-refractivity contribution in [3.63, 3.8) is 0 Å². The van der Waals surface area contributed by atoms with Crippen molar-refractivity contribution in [2.24, 2.45) is 7.05 Å². The molecule has 0 aliphatic heterocycles. The van der Waals surface area contributed by atoms with Gasteiger partial charge in [0.05, 0.1) is 41.6 Å². The molecule has 2 atom stereocenters. The average molecular weight is 464 g/mol. The number of aliphatic hydroxyl groups is 1. The van der Waals surface area contributed by atoms with E-state index in [0.717, 1.165) is 12.8 Å². The van der Waals surface area contributed by atoms with Gasteiger partial charge < -0.3 is 19.4 Å². The van der Waals surface area contributed by atoms with Gasteiger partial charge in [-0.15, -0.1) is 0 Å².